The summed E-state index contributed by atoms with van der Waals surface area (Å²) in [6.07, 6.45) is 80.1. The van der Waals surface area contributed by atoms with Gasteiger partial charge < -0.3 is 38.6 Å². The number of ether oxygens (including phenoxy) is 4. The van der Waals surface area contributed by atoms with E-state index in [-0.39, 0.29) is 32.5 Å². The molecule has 3 N–H and O–H groups in total. The zero-order valence-corrected chi connectivity index (χ0v) is 64.4. The molecule has 0 aliphatic carbocycles. The maximum absolute atomic E-state index is 13.1. The third-order valence-corrected chi connectivity index (χ3v) is 18.1. The molecule has 0 aliphatic heterocycles. The topological polar surface area (TPSA) is 237 Å². The van der Waals surface area contributed by atoms with Gasteiger partial charge in [-0.05, 0) is 135 Å². The number of allylic oxidation sites excluding steroid dienone is 18. The molecule has 0 radical (unpaired) electrons. The highest BCUT2D eigenvalue weighted by atomic mass is 31.2. The molecular weight excluding hydrogens is 1310 g/mol. The highest BCUT2D eigenvalue weighted by Gasteiger charge is 2.30. The Kier molecular flexibility index (Phi) is 71.5. The van der Waals surface area contributed by atoms with Crippen LogP contribution in [0.5, 0.6) is 0 Å². The molecule has 0 aromatic heterocycles. The van der Waals surface area contributed by atoms with Crippen molar-refractivity contribution >= 4 is 39.8 Å². The molecule has 0 bridgehead atoms. The minimum Gasteiger partial charge on any atom is -0.463 e. The Bertz CT molecular complexity index is 2290. The summed E-state index contributed by atoms with van der Waals surface area (Å²) in [6.45, 7) is 3.33. The van der Waals surface area contributed by atoms with Crippen LogP contribution in [-0.4, -0.2) is 104 Å². The largest absolute Gasteiger partial charge is 0.472 e. The molecule has 19 heteroatoms. The Morgan fingerprint density at radius 3 is 1.01 bits per heavy atom. The number of phosphoric ester groups is 2. The summed E-state index contributed by atoms with van der Waals surface area (Å²) in [4.78, 5) is 70.3. The molecule has 0 rings (SSSR count). The monoisotopic (exact) mass is 1450 g/mol. The maximum atomic E-state index is 13.1. The Morgan fingerprint density at radius 2 is 0.600 bits per heavy atom. The molecule has 2 unspecified atom stereocenters. The van der Waals surface area contributed by atoms with Gasteiger partial charge in [0.1, 0.15) is 31.7 Å². The number of rotatable bonds is 75. The number of aldehydes is 1. The van der Waals surface area contributed by atoms with Crippen molar-refractivity contribution in [1.29, 1.82) is 0 Å². The lowest BCUT2D eigenvalue weighted by Gasteiger charge is -2.21. The fraction of sp³-hybridized carbons (Fsp3) is 0.728. The summed E-state index contributed by atoms with van der Waals surface area (Å²) in [7, 11) is -9.84. The van der Waals surface area contributed by atoms with Crippen LogP contribution < -0.4 is 0 Å². The first-order valence-electron chi connectivity index (χ1n) is 39.1. The highest BCUT2D eigenvalue weighted by Crippen LogP contribution is 2.45. The van der Waals surface area contributed by atoms with Crippen LogP contribution in [-0.2, 0) is 65.4 Å². The third kappa shape index (κ3) is 73.6. The van der Waals surface area contributed by atoms with E-state index in [1.165, 1.54) is 96.3 Å². The van der Waals surface area contributed by atoms with E-state index >= 15 is 0 Å². The lowest BCUT2D eigenvalue weighted by Crippen LogP contribution is -2.30. The molecule has 0 aromatic carbocycles. The number of phosphoric acid groups is 2. The van der Waals surface area contributed by atoms with E-state index in [2.05, 4.69) is 112 Å². The molecule has 0 aliphatic rings. The first-order valence-corrected chi connectivity index (χ1v) is 42.1. The zero-order valence-electron chi connectivity index (χ0n) is 62.6. The summed E-state index contributed by atoms with van der Waals surface area (Å²) < 4.78 is 69.1. The van der Waals surface area contributed by atoms with Crippen molar-refractivity contribution in [3.8, 4) is 0 Å². The molecule has 0 saturated heterocycles. The van der Waals surface area contributed by atoms with Gasteiger partial charge in [-0.1, -0.05) is 265 Å². The molecule has 0 heterocycles. The summed E-state index contributed by atoms with van der Waals surface area (Å²) >= 11 is 0. The Balaban J connectivity index is 5.37. The lowest BCUT2D eigenvalue weighted by atomic mass is 10.0. The van der Waals surface area contributed by atoms with Crippen LogP contribution in [0.1, 0.15) is 316 Å². The van der Waals surface area contributed by atoms with Crippen LogP contribution in [0, 0.1) is 0 Å². The van der Waals surface area contributed by atoms with Crippen molar-refractivity contribution in [2.75, 3.05) is 46.2 Å². The molecule has 0 aromatic rings. The average molecular weight is 1450 g/mol. The van der Waals surface area contributed by atoms with Crippen molar-refractivity contribution in [1.82, 2.24) is 0 Å². The summed E-state index contributed by atoms with van der Waals surface area (Å²) in [5.74, 6) is -1.58. The number of aliphatic hydroxyl groups excluding tert-OH is 1. The molecule has 17 nitrogen and oxygen atoms in total. The SMILES string of the molecule is CCCCC/C=C\C/C=C\C/C=C\C/C=C\CCCC(=O)OC[C@H](COP(=O)(O)OC[C@@H](O)COP(=O)(O)OC[C@@H](COC(=O)CCCCCCCCCCCCCCC)OC(=O)CCC/C=C\C/C=C\C/C=C\C/C=C\CCCCC)OCCCCCCC/C=C\CCCCCCC=O. The predicted octanol–water partition coefficient (Wildman–Crippen LogP) is 22.2. The highest BCUT2D eigenvalue weighted by molar-refractivity contribution is 7.47. The third-order valence-electron chi connectivity index (χ3n) is 16.2. The molecule has 0 saturated carbocycles. The summed E-state index contributed by atoms with van der Waals surface area (Å²) in [5.41, 5.74) is 0. The maximum Gasteiger partial charge on any atom is 0.472 e. The number of aliphatic hydroxyl groups is 1. The molecule has 576 valence electrons. The van der Waals surface area contributed by atoms with E-state index in [1.54, 1.807) is 0 Å². The summed E-state index contributed by atoms with van der Waals surface area (Å²) in [5, 5.41) is 10.6. The van der Waals surface area contributed by atoms with Crippen LogP contribution in [0.3, 0.4) is 0 Å². The second kappa shape index (κ2) is 74.6. The zero-order chi connectivity index (χ0) is 73.0. The van der Waals surface area contributed by atoms with E-state index in [9.17, 15) is 43.2 Å². The van der Waals surface area contributed by atoms with Crippen LogP contribution in [0.2, 0.25) is 0 Å². The quantitative estimate of drug-likeness (QED) is 0.0128. The molecule has 0 fully saturated rings. The van der Waals surface area contributed by atoms with Gasteiger partial charge in [0.2, 0.25) is 0 Å². The van der Waals surface area contributed by atoms with Crippen LogP contribution in [0.15, 0.2) is 109 Å². The van der Waals surface area contributed by atoms with Gasteiger partial charge in [0.25, 0.3) is 0 Å². The van der Waals surface area contributed by atoms with Crippen molar-refractivity contribution in [2.24, 2.45) is 0 Å². The van der Waals surface area contributed by atoms with Gasteiger partial charge in [-0.15, -0.1) is 0 Å². The standard InChI is InChI=1S/C81H140O17P2/c1-4-7-10-13-16-19-22-25-27-29-31-36-41-46-50-55-60-65-79(84)92-72-77(91-69-64-59-54-49-44-39-34-33-38-43-48-53-58-63-68-82)74-96-99(87,88)94-70-76(83)71-95-100(89,90)97-75-78(73-93-80(85)66-61-56-51-45-40-35-24-21-18-15-12-9-6-3)98-81(86)67-62-57-52-47-42-37-32-30-28-26-23-20-17-14-11-8-5-2/h16-17,19-20,25-28,31-34,36-37,46-47,50,52,68,76-78,83H,4-15,18,21-24,29-30,35,38-45,48-49,51,53-67,69-75H2,1-3H3,(H,87,88)(H,89,90)/b19-16-,20-17-,27-25-,28-26-,34-33-,36-31-,37-32-,50-46-,52-47-/t76-,77-,78-/m1/s1. The number of carbonyl (C=O) groups excluding carboxylic acids is 4. The van der Waals surface area contributed by atoms with Gasteiger partial charge in [-0.25, -0.2) is 9.13 Å². The van der Waals surface area contributed by atoms with Crippen molar-refractivity contribution in [3.63, 3.8) is 0 Å². The van der Waals surface area contributed by atoms with E-state index in [0.717, 1.165) is 141 Å². The Morgan fingerprint density at radius 1 is 0.320 bits per heavy atom. The van der Waals surface area contributed by atoms with Gasteiger partial charge in [0.15, 0.2) is 6.10 Å². The van der Waals surface area contributed by atoms with Crippen molar-refractivity contribution in [3.05, 3.63) is 109 Å². The smallest absolute Gasteiger partial charge is 0.463 e. The fourth-order valence-electron chi connectivity index (χ4n) is 10.2. The number of hydrogen-bond acceptors (Lipinski definition) is 15. The van der Waals surface area contributed by atoms with E-state index in [0.29, 0.717) is 44.9 Å². The normalized spacial score (nSPS) is 14.5. The Labute approximate surface area is 607 Å². The molecule has 5 atom stereocenters. The number of esters is 3. The van der Waals surface area contributed by atoms with Gasteiger partial charge in [-0.2, -0.15) is 0 Å². The van der Waals surface area contributed by atoms with Crippen LogP contribution >= 0.6 is 15.6 Å². The second-order valence-electron chi connectivity index (χ2n) is 25.9. The number of unbranched alkanes of at least 4 members (excludes halogenated alkanes) is 30. The molecule has 0 spiro atoms. The minimum atomic E-state index is -4.96. The number of carbonyl (C=O) groups is 4. The summed E-state index contributed by atoms with van der Waals surface area (Å²) in [6, 6.07) is 0. The second-order valence-corrected chi connectivity index (χ2v) is 28.8. The minimum absolute atomic E-state index is 0.0297. The van der Waals surface area contributed by atoms with E-state index < -0.39 is 84.9 Å². The molecular formula is C81H140O17P2. The predicted molar refractivity (Wildman–Crippen MR) is 409 cm³/mol. The molecule has 0 amide bonds. The van der Waals surface area contributed by atoms with Crippen LogP contribution in [0.4, 0.5) is 0 Å². The first kappa shape index (κ1) is 95.9. The van der Waals surface area contributed by atoms with Crippen molar-refractivity contribution < 1.29 is 80.2 Å². The fourth-order valence-corrected chi connectivity index (χ4v) is 11.8. The van der Waals surface area contributed by atoms with Gasteiger partial charge >= 0.3 is 33.6 Å². The van der Waals surface area contributed by atoms with Gasteiger partial charge in [-0.3, -0.25) is 32.5 Å². The Hall–Kier alpha value is -4.12. The van der Waals surface area contributed by atoms with Gasteiger partial charge in [0, 0.05) is 32.3 Å². The van der Waals surface area contributed by atoms with E-state index in [1.807, 2.05) is 18.2 Å². The van der Waals surface area contributed by atoms with Crippen molar-refractivity contribution in [2.45, 2.75) is 334 Å². The molecule has 100 heavy (non-hydrogen) atoms. The number of hydrogen-bond donors (Lipinski definition) is 3. The average Bonchev–Trinajstić information content (AvgIpc) is 1.04. The lowest BCUT2D eigenvalue weighted by molar-refractivity contribution is -0.161. The van der Waals surface area contributed by atoms with Gasteiger partial charge in [0.05, 0.1) is 26.4 Å². The first-order chi connectivity index (χ1) is 48.8. The van der Waals surface area contributed by atoms with E-state index in [4.69, 9.17) is 37.0 Å². The van der Waals surface area contributed by atoms with Crippen LogP contribution in [0.25, 0.3) is 0 Å².